The topological polar surface area (TPSA) is 100 Å². The van der Waals surface area contributed by atoms with Gasteiger partial charge in [-0.2, -0.15) is 5.10 Å². The average molecular weight is 509 g/mol. The van der Waals surface area contributed by atoms with E-state index in [4.69, 9.17) is 16.3 Å². The molecule has 0 saturated heterocycles. The highest BCUT2D eigenvalue weighted by molar-refractivity contribution is 6.30. The number of carbonyl (C=O) groups excluding carboxylic acids is 1. The molecule has 0 bridgehead atoms. The minimum atomic E-state index is -0.989. The van der Waals surface area contributed by atoms with E-state index in [0.717, 1.165) is 5.56 Å². The van der Waals surface area contributed by atoms with Crippen molar-refractivity contribution < 1.29 is 19.0 Å². The molecular formula is C27H26ClFN4O3. The van der Waals surface area contributed by atoms with E-state index in [0.29, 0.717) is 28.7 Å². The molecule has 0 aliphatic rings. The first-order valence-corrected chi connectivity index (χ1v) is 11.9. The fraction of sp³-hybridized carbons (Fsp3) is 0.222. The molecule has 36 heavy (non-hydrogen) atoms. The molecule has 0 spiro atoms. The molecule has 0 aliphatic heterocycles. The summed E-state index contributed by atoms with van der Waals surface area (Å²) >= 11 is 5.97. The molecule has 0 aliphatic carbocycles. The minimum Gasteiger partial charge on any atom is -0.389 e. The lowest BCUT2D eigenvalue weighted by Crippen LogP contribution is -2.47. The molecule has 7 nitrogen and oxygen atoms in total. The second kappa shape index (κ2) is 11.9. The molecule has 4 rings (SSSR count). The fourth-order valence-corrected chi connectivity index (χ4v) is 3.96. The van der Waals surface area contributed by atoms with E-state index < -0.39 is 23.9 Å². The lowest BCUT2D eigenvalue weighted by atomic mass is 10.00. The van der Waals surface area contributed by atoms with Crippen LogP contribution in [0.5, 0.6) is 0 Å². The van der Waals surface area contributed by atoms with Gasteiger partial charge in [-0.25, -0.2) is 4.39 Å². The minimum absolute atomic E-state index is 0.0370. The third kappa shape index (κ3) is 6.15. The fourth-order valence-electron chi connectivity index (χ4n) is 3.83. The first-order chi connectivity index (χ1) is 17.5. The van der Waals surface area contributed by atoms with Crippen molar-refractivity contribution in [1.29, 1.82) is 0 Å². The second-order valence-corrected chi connectivity index (χ2v) is 8.60. The smallest absolute Gasteiger partial charge is 0.252 e. The Morgan fingerprint density at radius 1 is 1.17 bits per heavy atom. The third-order valence-corrected chi connectivity index (χ3v) is 5.93. The zero-order valence-corrected chi connectivity index (χ0v) is 20.4. The predicted molar refractivity (Wildman–Crippen MR) is 136 cm³/mol. The van der Waals surface area contributed by atoms with Crippen molar-refractivity contribution in [3.05, 3.63) is 95.0 Å². The summed E-state index contributed by atoms with van der Waals surface area (Å²) in [5.74, 6) is -1.12. The molecule has 2 aromatic heterocycles. The monoisotopic (exact) mass is 508 g/mol. The molecule has 0 unspecified atom stereocenters. The highest BCUT2D eigenvalue weighted by atomic mass is 35.5. The lowest BCUT2D eigenvalue weighted by Gasteiger charge is -2.24. The number of nitrogens with one attached hydrogen (secondary N) is 2. The second-order valence-electron chi connectivity index (χ2n) is 8.17. The summed E-state index contributed by atoms with van der Waals surface area (Å²) in [6, 6.07) is 17.8. The summed E-state index contributed by atoms with van der Waals surface area (Å²) in [4.78, 5) is 17.7. The average Bonchev–Trinajstić information content (AvgIpc) is 3.37. The van der Waals surface area contributed by atoms with Crippen LogP contribution in [0.3, 0.4) is 0 Å². The van der Waals surface area contributed by atoms with Crippen LogP contribution in [0.1, 0.15) is 23.0 Å². The standard InChI is InChI=1S/C27H26ClFN4O3/c1-2-36-16-25(34)23(14-19-6-3-4-13-30-19)31-27(35)20-7-5-8-21(29)26(20)24-15-22(32-33-24)17-9-11-18(28)12-10-17/h3-13,15,23,25,34H,2,14,16H2,1H3,(H,31,35)(H,32,33)/t23-,25-/m1/s1. The number of H-pyrrole nitrogens is 1. The van der Waals surface area contributed by atoms with Crippen molar-refractivity contribution in [2.24, 2.45) is 0 Å². The molecule has 0 radical (unpaired) electrons. The number of aromatic nitrogens is 3. The quantitative estimate of drug-likeness (QED) is 0.289. The number of halogens is 2. The molecule has 0 fully saturated rings. The van der Waals surface area contributed by atoms with Gasteiger partial charge < -0.3 is 15.2 Å². The largest absolute Gasteiger partial charge is 0.389 e. The third-order valence-electron chi connectivity index (χ3n) is 5.67. The molecule has 2 atom stereocenters. The van der Waals surface area contributed by atoms with Gasteiger partial charge in [0.15, 0.2) is 0 Å². The van der Waals surface area contributed by atoms with E-state index in [1.165, 1.54) is 18.2 Å². The number of nitrogens with zero attached hydrogens (tertiary/aromatic N) is 2. The first kappa shape index (κ1) is 25.5. The zero-order chi connectivity index (χ0) is 25.5. The first-order valence-electron chi connectivity index (χ1n) is 11.5. The van der Waals surface area contributed by atoms with Crippen LogP contribution in [0.15, 0.2) is 72.9 Å². The number of hydrogen-bond donors (Lipinski definition) is 3. The lowest BCUT2D eigenvalue weighted by molar-refractivity contribution is 0.0206. The predicted octanol–water partition coefficient (Wildman–Crippen LogP) is 4.67. The molecule has 2 heterocycles. The molecule has 0 saturated carbocycles. The molecule has 4 aromatic rings. The van der Waals surface area contributed by atoms with Crippen molar-refractivity contribution in [1.82, 2.24) is 20.5 Å². The van der Waals surface area contributed by atoms with Gasteiger partial charge in [0.1, 0.15) is 5.82 Å². The maximum atomic E-state index is 15.0. The Balaban J connectivity index is 1.62. The Morgan fingerprint density at radius 3 is 2.69 bits per heavy atom. The van der Waals surface area contributed by atoms with E-state index in [1.807, 2.05) is 19.1 Å². The Hall–Kier alpha value is -3.59. The number of amides is 1. The summed E-state index contributed by atoms with van der Waals surface area (Å²) < 4.78 is 20.4. The van der Waals surface area contributed by atoms with E-state index in [2.05, 4.69) is 20.5 Å². The molecule has 3 N–H and O–H groups in total. The normalized spacial score (nSPS) is 12.8. The van der Waals surface area contributed by atoms with Crippen molar-refractivity contribution in [3.63, 3.8) is 0 Å². The number of pyridine rings is 1. The molecular weight excluding hydrogens is 483 g/mol. The summed E-state index contributed by atoms with van der Waals surface area (Å²) in [7, 11) is 0. The Labute approximate surface area is 213 Å². The number of aliphatic hydroxyl groups is 1. The van der Waals surface area contributed by atoms with Crippen LogP contribution in [-0.4, -0.2) is 51.6 Å². The molecule has 2 aromatic carbocycles. The summed E-state index contributed by atoms with van der Waals surface area (Å²) in [6.07, 6.45) is 0.928. The number of ether oxygens (including phenoxy) is 1. The van der Waals surface area contributed by atoms with Crippen LogP contribution in [-0.2, 0) is 11.2 Å². The van der Waals surface area contributed by atoms with Crippen molar-refractivity contribution in [2.45, 2.75) is 25.5 Å². The van der Waals surface area contributed by atoms with Crippen LogP contribution in [0, 0.1) is 5.82 Å². The maximum absolute atomic E-state index is 15.0. The SMILES string of the molecule is CCOC[C@@H](O)[C@@H](Cc1ccccn1)NC(=O)c1cccc(F)c1-c1cc(-c2ccc(Cl)cc2)n[nH]1. The number of aliphatic hydroxyl groups excluding tert-OH is 1. The Kier molecular flexibility index (Phi) is 8.43. The maximum Gasteiger partial charge on any atom is 0.252 e. The highest BCUT2D eigenvalue weighted by Gasteiger charge is 2.26. The zero-order valence-electron chi connectivity index (χ0n) is 19.6. The number of benzene rings is 2. The van der Waals surface area contributed by atoms with Gasteiger partial charge in [-0.1, -0.05) is 35.9 Å². The summed E-state index contributed by atoms with van der Waals surface area (Å²) in [5, 5.41) is 21.3. The van der Waals surface area contributed by atoms with Crippen LogP contribution in [0.25, 0.3) is 22.5 Å². The Bertz CT molecular complexity index is 1300. The van der Waals surface area contributed by atoms with E-state index >= 15 is 4.39 Å². The van der Waals surface area contributed by atoms with Gasteiger partial charge in [-0.3, -0.25) is 14.9 Å². The molecule has 186 valence electrons. The van der Waals surface area contributed by atoms with Crippen molar-refractivity contribution in [2.75, 3.05) is 13.2 Å². The number of carbonyl (C=O) groups is 1. The summed E-state index contributed by atoms with van der Waals surface area (Å²) in [6.45, 7) is 2.28. The van der Waals surface area contributed by atoms with Gasteiger partial charge in [-0.05, 0) is 49.4 Å². The van der Waals surface area contributed by atoms with Gasteiger partial charge >= 0.3 is 0 Å². The molecule has 1 amide bonds. The van der Waals surface area contributed by atoms with Crippen molar-refractivity contribution in [3.8, 4) is 22.5 Å². The van der Waals surface area contributed by atoms with Gasteiger partial charge in [0.05, 0.1) is 35.7 Å². The van der Waals surface area contributed by atoms with Crippen LogP contribution in [0.4, 0.5) is 4.39 Å². The number of rotatable bonds is 10. The Morgan fingerprint density at radius 2 is 1.97 bits per heavy atom. The van der Waals surface area contributed by atoms with Crippen LogP contribution >= 0.6 is 11.6 Å². The van der Waals surface area contributed by atoms with Gasteiger partial charge in [0.2, 0.25) is 0 Å². The van der Waals surface area contributed by atoms with Crippen LogP contribution < -0.4 is 5.32 Å². The van der Waals surface area contributed by atoms with E-state index in [9.17, 15) is 9.90 Å². The van der Waals surface area contributed by atoms with Gasteiger partial charge in [-0.15, -0.1) is 0 Å². The van der Waals surface area contributed by atoms with E-state index in [1.54, 1.807) is 42.6 Å². The molecule has 9 heteroatoms. The number of hydrogen-bond acceptors (Lipinski definition) is 5. The van der Waals surface area contributed by atoms with Gasteiger partial charge in [0, 0.05) is 41.1 Å². The number of aromatic amines is 1. The highest BCUT2D eigenvalue weighted by Crippen LogP contribution is 2.29. The summed E-state index contributed by atoms with van der Waals surface area (Å²) in [5.41, 5.74) is 2.60. The van der Waals surface area contributed by atoms with E-state index in [-0.39, 0.29) is 24.2 Å². The van der Waals surface area contributed by atoms with Crippen LogP contribution in [0.2, 0.25) is 5.02 Å². The van der Waals surface area contributed by atoms with Crippen molar-refractivity contribution >= 4 is 17.5 Å². The van der Waals surface area contributed by atoms with Gasteiger partial charge in [0.25, 0.3) is 5.91 Å².